The topological polar surface area (TPSA) is 69.7 Å². The first-order chi connectivity index (χ1) is 13.8. The van der Waals surface area contributed by atoms with Crippen LogP contribution in [0.15, 0.2) is 67.0 Å². The van der Waals surface area contributed by atoms with Crippen molar-refractivity contribution in [1.29, 1.82) is 0 Å². The second-order valence-electron chi connectivity index (χ2n) is 6.34. The summed E-state index contributed by atoms with van der Waals surface area (Å²) in [5.74, 6) is 2.01. The Morgan fingerprint density at radius 1 is 1.00 bits per heavy atom. The van der Waals surface area contributed by atoms with Crippen LogP contribution in [0, 0.1) is 0 Å². The van der Waals surface area contributed by atoms with Crippen molar-refractivity contribution in [3.8, 4) is 17.2 Å². The number of hydrogen-bond acceptors (Lipinski definition) is 5. The van der Waals surface area contributed by atoms with Crippen LogP contribution >= 0.6 is 0 Å². The normalized spacial score (nSPS) is 12.3. The van der Waals surface area contributed by atoms with Gasteiger partial charge in [-0.1, -0.05) is 12.1 Å². The highest BCUT2D eigenvalue weighted by atomic mass is 16.6. The summed E-state index contributed by atoms with van der Waals surface area (Å²) < 4.78 is 16.8. The molecule has 1 aliphatic rings. The van der Waals surface area contributed by atoms with E-state index in [1.54, 1.807) is 36.7 Å². The van der Waals surface area contributed by atoms with Crippen molar-refractivity contribution >= 4 is 5.91 Å². The monoisotopic (exact) mass is 376 g/mol. The van der Waals surface area contributed by atoms with E-state index in [1.165, 1.54) is 0 Å². The highest BCUT2D eigenvalue weighted by molar-refractivity contribution is 5.94. The zero-order chi connectivity index (χ0) is 19.2. The third-order valence-corrected chi connectivity index (χ3v) is 4.30. The molecule has 0 atom stereocenters. The number of benzene rings is 2. The van der Waals surface area contributed by atoms with E-state index < -0.39 is 0 Å². The van der Waals surface area contributed by atoms with Crippen molar-refractivity contribution in [2.75, 3.05) is 13.2 Å². The average Bonchev–Trinajstić information content (AvgIpc) is 2.77. The lowest BCUT2D eigenvalue weighted by molar-refractivity contribution is 0.0950. The van der Waals surface area contributed by atoms with E-state index >= 15 is 0 Å². The van der Waals surface area contributed by atoms with Crippen molar-refractivity contribution < 1.29 is 19.0 Å². The fourth-order valence-corrected chi connectivity index (χ4v) is 2.83. The molecule has 4 rings (SSSR count). The molecule has 0 bridgehead atoms. The fourth-order valence-electron chi connectivity index (χ4n) is 2.83. The number of nitrogens with one attached hydrogen (secondary N) is 1. The summed E-state index contributed by atoms with van der Waals surface area (Å²) in [7, 11) is 0. The van der Waals surface area contributed by atoms with Crippen LogP contribution in [0.4, 0.5) is 0 Å². The number of carbonyl (C=O) groups is 1. The van der Waals surface area contributed by atoms with Crippen molar-refractivity contribution in [2.24, 2.45) is 0 Å². The summed E-state index contributed by atoms with van der Waals surface area (Å²) in [6.07, 6.45) is 3.49. The van der Waals surface area contributed by atoms with E-state index in [2.05, 4.69) is 10.3 Å². The van der Waals surface area contributed by atoms with Crippen LogP contribution in [0.25, 0.3) is 0 Å². The summed E-state index contributed by atoms with van der Waals surface area (Å²) in [5, 5.41) is 2.91. The zero-order valence-electron chi connectivity index (χ0n) is 15.3. The van der Waals surface area contributed by atoms with Crippen molar-refractivity contribution in [3.05, 3.63) is 83.7 Å². The third-order valence-electron chi connectivity index (χ3n) is 4.30. The lowest BCUT2D eigenvalue weighted by Crippen LogP contribution is -2.23. The molecule has 3 aromatic rings. The van der Waals surface area contributed by atoms with Gasteiger partial charge in [0.15, 0.2) is 11.5 Å². The van der Waals surface area contributed by atoms with Gasteiger partial charge in [0.25, 0.3) is 5.91 Å². The molecule has 0 spiro atoms. The highest BCUT2D eigenvalue weighted by Crippen LogP contribution is 2.30. The van der Waals surface area contributed by atoms with Crippen molar-refractivity contribution in [1.82, 2.24) is 10.3 Å². The van der Waals surface area contributed by atoms with Crippen molar-refractivity contribution in [2.45, 2.75) is 13.2 Å². The molecule has 1 N–H and O–H groups in total. The number of nitrogens with zero attached hydrogens (tertiary/aromatic N) is 1. The van der Waals surface area contributed by atoms with Crippen LogP contribution < -0.4 is 19.5 Å². The van der Waals surface area contributed by atoms with Gasteiger partial charge < -0.3 is 19.5 Å². The summed E-state index contributed by atoms with van der Waals surface area (Å²) in [6.45, 7) is 1.95. The first-order valence-electron chi connectivity index (χ1n) is 9.06. The smallest absolute Gasteiger partial charge is 0.251 e. The van der Waals surface area contributed by atoms with Crippen LogP contribution in [0.2, 0.25) is 0 Å². The van der Waals surface area contributed by atoms with Crippen LogP contribution in [-0.4, -0.2) is 24.1 Å². The highest BCUT2D eigenvalue weighted by Gasteiger charge is 2.12. The number of fused-ring (bicyclic) bond motifs is 1. The molecule has 2 aromatic carbocycles. The molecule has 6 heteroatoms. The quantitative estimate of drug-likeness (QED) is 0.714. The summed E-state index contributed by atoms with van der Waals surface area (Å²) in [4.78, 5) is 16.4. The fraction of sp³-hybridized carbons (Fsp3) is 0.182. The predicted octanol–water partition coefficient (Wildman–Crippen LogP) is 3.36. The molecule has 0 aliphatic carbocycles. The minimum Gasteiger partial charge on any atom is -0.489 e. The molecule has 2 heterocycles. The lowest BCUT2D eigenvalue weighted by atomic mass is 10.1. The Morgan fingerprint density at radius 2 is 1.82 bits per heavy atom. The minimum atomic E-state index is -0.145. The zero-order valence-corrected chi connectivity index (χ0v) is 15.3. The molecule has 28 heavy (non-hydrogen) atoms. The summed E-state index contributed by atoms with van der Waals surface area (Å²) in [6, 6.07) is 16.6. The van der Waals surface area contributed by atoms with Gasteiger partial charge in [-0.2, -0.15) is 0 Å². The van der Waals surface area contributed by atoms with E-state index in [0.717, 1.165) is 16.9 Å². The Kier molecular flexibility index (Phi) is 5.38. The van der Waals surface area contributed by atoms with Crippen LogP contribution in [0.3, 0.4) is 0 Å². The average molecular weight is 376 g/mol. The van der Waals surface area contributed by atoms with Gasteiger partial charge in [0, 0.05) is 30.1 Å². The second kappa shape index (κ2) is 8.43. The molecule has 0 saturated carbocycles. The Labute approximate surface area is 163 Å². The number of aromatic nitrogens is 1. The molecule has 0 unspecified atom stereocenters. The van der Waals surface area contributed by atoms with Crippen LogP contribution in [-0.2, 0) is 13.2 Å². The number of ether oxygens (including phenoxy) is 3. The van der Waals surface area contributed by atoms with Gasteiger partial charge in [0.2, 0.25) is 0 Å². The van der Waals surface area contributed by atoms with Gasteiger partial charge in [-0.05, 0) is 48.0 Å². The maximum Gasteiger partial charge on any atom is 0.251 e. The van der Waals surface area contributed by atoms with Gasteiger partial charge in [-0.25, -0.2) is 0 Å². The Morgan fingerprint density at radius 3 is 2.61 bits per heavy atom. The first-order valence-corrected chi connectivity index (χ1v) is 9.06. The molecule has 6 nitrogen and oxygen atoms in total. The standard InChI is InChI=1S/C22H20N2O4/c25-22(24-14-16-3-8-20-21(12-16)27-11-10-26-20)18-4-6-19(7-5-18)28-15-17-2-1-9-23-13-17/h1-9,12-13H,10-11,14-15H2,(H,24,25). The SMILES string of the molecule is O=C(NCc1ccc2c(c1)OCCO2)c1ccc(OCc2cccnc2)cc1. The number of amides is 1. The van der Waals surface area contributed by atoms with E-state index in [9.17, 15) is 4.79 Å². The Balaban J connectivity index is 1.31. The Hall–Kier alpha value is -3.54. The predicted molar refractivity (Wildman–Crippen MR) is 104 cm³/mol. The maximum absolute atomic E-state index is 12.4. The van der Waals surface area contributed by atoms with Crippen LogP contribution in [0.5, 0.6) is 17.2 Å². The van der Waals surface area contributed by atoms with E-state index in [4.69, 9.17) is 14.2 Å². The molecular weight excluding hydrogens is 356 g/mol. The maximum atomic E-state index is 12.4. The molecule has 0 radical (unpaired) electrons. The van der Waals surface area contributed by atoms with Gasteiger partial charge >= 0.3 is 0 Å². The molecule has 1 aliphatic heterocycles. The Bertz CT molecular complexity index is 943. The molecule has 1 aromatic heterocycles. The largest absolute Gasteiger partial charge is 0.489 e. The van der Waals surface area contributed by atoms with E-state index in [0.29, 0.717) is 43.4 Å². The van der Waals surface area contributed by atoms with Gasteiger partial charge in [0.05, 0.1) is 0 Å². The van der Waals surface area contributed by atoms with E-state index in [-0.39, 0.29) is 5.91 Å². The minimum absolute atomic E-state index is 0.145. The molecule has 0 fully saturated rings. The second-order valence-corrected chi connectivity index (χ2v) is 6.34. The van der Waals surface area contributed by atoms with Gasteiger partial charge in [0.1, 0.15) is 25.6 Å². The third kappa shape index (κ3) is 4.40. The van der Waals surface area contributed by atoms with E-state index in [1.807, 2.05) is 30.3 Å². The van der Waals surface area contributed by atoms with Crippen LogP contribution in [0.1, 0.15) is 21.5 Å². The molecule has 142 valence electrons. The lowest BCUT2D eigenvalue weighted by Gasteiger charge is -2.19. The number of carbonyl (C=O) groups excluding carboxylic acids is 1. The van der Waals surface area contributed by atoms with Gasteiger partial charge in [-0.15, -0.1) is 0 Å². The molecular formula is C22H20N2O4. The first kappa shape index (κ1) is 17.9. The number of rotatable bonds is 6. The summed E-state index contributed by atoms with van der Waals surface area (Å²) in [5.41, 5.74) is 2.52. The molecule has 1 amide bonds. The van der Waals surface area contributed by atoms with Crippen molar-refractivity contribution in [3.63, 3.8) is 0 Å². The number of hydrogen-bond donors (Lipinski definition) is 1. The molecule has 0 saturated heterocycles. The number of pyridine rings is 1. The summed E-state index contributed by atoms with van der Waals surface area (Å²) >= 11 is 0. The van der Waals surface area contributed by atoms with Gasteiger partial charge in [-0.3, -0.25) is 9.78 Å².